The zero-order valence-electron chi connectivity index (χ0n) is 14.9. The van der Waals surface area contributed by atoms with Crippen LogP contribution in [0.1, 0.15) is 35.0 Å². The molecule has 0 aliphatic rings. The number of rotatable bonds is 4. The largest absolute Gasteiger partial charge is 0.508 e. The molecule has 0 saturated heterocycles. The number of aliphatic hydroxyl groups excluding tert-OH is 1. The van der Waals surface area contributed by atoms with Crippen LogP contribution < -0.4 is 5.32 Å². The average molecular weight is 239 g/mol. The molecule has 0 aliphatic carbocycles. The number of aromatic hydroxyl groups is 1. The van der Waals surface area contributed by atoms with Crippen molar-refractivity contribution in [2.75, 3.05) is 6.54 Å². The molecule has 0 aliphatic heterocycles. The molecule has 1 unspecified atom stereocenters. The summed E-state index contributed by atoms with van der Waals surface area (Å²) in [6, 6.07) is 2.62. The number of phenolic OH excluding ortho intramolecular Hbond substituents is 1. The van der Waals surface area contributed by atoms with E-state index in [0.717, 1.165) is 0 Å². The number of phenols is 1. The van der Waals surface area contributed by atoms with E-state index in [1.807, 2.05) is 0 Å². The van der Waals surface area contributed by atoms with Crippen molar-refractivity contribution in [3.8, 4) is 5.75 Å². The van der Waals surface area contributed by atoms with Crippen LogP contribution in [0.25, 0.3) is 0 Å². The molecule has 1 atom stereocenters. The summed E-state index contributed by atoms with van der Waals surface area (Å²) in [5.74, 6) is -0.00118. The highest BCUT2D eigenvalue weighted by atomic mass is 35.5. The van der Waals surface area contributed by atoms with Gasteiger partial charge in [-0.2, -0.15) is 0 Å². The van der Waals surface area contributed by atoms with Gasteiger partial charge in [0.1, 0.15) is 5.75 Å². The van der Waals surface area contributed by atoms with Crippen LogP contribution in [0.3, 0.4) is 0 Å². The molecule has 4 heteroatoms. The van der Waals surface area contributed by atoms with Gasteiger partial charge in [-0.3, -0.25) is 0 Å². The van der Waals surface area contributed by atoms with E-state index < -0.39 is 32.4 Å². The Morgan fingerprint density at radius 3 is 2.53 bits per heavy atom. The molecule has 3 N–H and O–H groups in total. The van der Waals surface area contributed by atoms with Crippen LogP contribution in [0.15, 0.2) is 24.3 Å². The van der Waals surface area contributed by atoms with Crippen LogP contribution in [0.5, 0.6) is 5.75 Å². The van der Waals surface area contributed by atoms with Crippen molar-refractivity contribution in [3.63, 3.8) is 0 Å². The van der Waals surface area contributed by atoms with Crippen LogP contribution in [0, 0.1) is 0 Å². The first-order valence-corrected chi connectivity index (χ1v) is 4.10. The third-order valence-electron chi connectivity index (χ3n) is 1.75. The highest BCUT2D eigenvalue weighted by Gasteiger charge is 2.07. The van der Waals surface area contributed by atoms with Crippen molar-refractivity contribution in [1.29, 1.82) is 0 Å². The Morgan fingerprint density at radius 2 is 2.00 bits per heavy atom. The molecule has 0 bridgehead atoms. The fourth-order valence-electron chi connectivity index (χ4n) is 1.01. The molecule has 0 radical (unpaired) electrons. The van der Waals surface area contributed by atoms with Crippen LogP contribution in [-0.2, 0) is 0 Å². The normalized spacial score (nSPS) is 21.5. The van der Waals surface area contributed by atoms with Gasteiger partial charge in [0.25, 0.3) is 0 Å². The molecule has 1 aromatic rings. The van der Waals surface area contributed by atoms with E-state index in [-0.39, 0.29) is 18.2 Å². The molecule has 0 saturated carbocycles. The molecular weight excluding hydrogens is 214 g/mol. The zero-order chi connectivity index (χ0) is 16.5. The summed E-state index contributed by atoms with van der Waals surface area (Å²) < 4.78 is 51.1. The van der Waals surface area contributed by atoms with Crippen molar-refractivity contribution in [3.05, 3.63) is 29.8 Å². The van der Waals surface area contributed by atoms with Crippen LogP contribution >= 0.6 is 12.4 Å². The first-order valence-electron chi connectivity index (χ1n) is 7.60. The molecule has 0 spiro atoms. The fourth-order valence-corrected chi connectivity index (χ4v) is 1.01. The Labute approximate surface area is 106 Å². The summed E-state index contributed by atoms with van der Waals surface area (Å²) in [6.45, 7) is -6.61. The van der Waals surface area contributed by atoms with Crippen LogP contribution in [0.4, 0.5) is 0 Å². The smallest absolute Gasteiger partial charge is 0.115 e. The lowest BCUT2D eigenvalue weighted by Gasteiger charge is -2.14. The SMILES string of the molecule is Cl.[2H]C([2H])([2H])C([2H])(NCC(O)c1ccc(O)cc1)C([2H])([2H])[2H]. The number of aliphatic hydroxyl groups is 1. The predicted molar refractivity (Wildman–Crippen MR) is 63.5 cm³/mol. The Morgan fingerprint density at radius 1 is 1.40 bits per heavy atom. The van der Waals surface area contributed by atoms with Gasteiger partial charge >= 0.3 is 0 Å². The van der Waals surface area contributed by atoms with Crippen molar-refractivity contribution in [1.82, 2.24) is 5.32 Å². The summed E-state index contributed by atoms with van der Waals surface area (Å²) in [5, 5.41) is 21.2. The minimum Gasteiger partial charge on any atom is -0.508 e. The van der Waals surface area contributed by atoms with Crippen molar-refractivity contribution >= 4 is 12.4 Å². The van der Waals surface area contributed by atoms with Gasteiger partial charge in [0.2, 0.25) is 0 Å². The van der Waals surface area contributed by atoms with Gasteiger partial charge in [-0.05, 0) is 17.7 Å². The molecule has 1 rings (SSSR count). The lowest BCUT2D eigenvalue weighted by Crippen LogP contribution is -2.27. The van der Waals surface area contributed by atoms with Gasteiger partial charge in [0.15, 0.2) is 0 Å². The molecule has 0 fully saturated rings. The van der Waals surface area contributed by atoms with Gasteiger partial charge in [0, 0.05) is 22.2 Å². The number of nitrogens with one attached hydrogen (secondary N) is 1. The van der Waals surface area contributed by atoms with E-state index in [1.54, 1.807) is 0 Å². The minimum atomic E-state index is -3.09. The third-order valence-corrected chi connectivity index (χ3v) is 1.75. The second kappa shape index (κ2) is 6.67. The highest BCUT2D eigenvalue weighted by Crippen LogP contribution is 2.15. The second-order valence-corrected chi connectivity index (χ2v) is 2.86. The summed E-state index contributed by atoms with van der Waals surface area (Å²) in [4.78, 5) is 0. The first kappa shape index (κ1) is 6.09. The van der Waals surface area contributed by atoms with Gasteiger partial charge in [0.05, 0.1) is 6.10 Å². The molecule has 15 heavy (non-hydrogen) atoms. The number of benzene rings is 1. The van der Waals surface area contributed by atoms with E-state index in [1.165, 1.54) is 24.3 Å². The first-order chi connectivity index (χ1) is 9.38. The number of hydrogen-bond acceptors (Lipinski definition) is 3. The second-order valence-electron chi connectivity index (χ2n) is 2.86. The van der Waals surface area contributed by atoms with E-state index in [4.69, 9.17) is 14.7 Å². The standard InChI is InChI=1S/C11H17NO2.ClH/c1-8(2)12-7-11(14)9-3-5-10(13)6-4-9;/h3-6,8,11-14H,7H2,1-2H3;1H/i1D3,2D3,8D;. The lowest BCUT2D eigenvalue weighted by atomic mass is 10.1. The lowest BCUT2D eigenvalue weighted by molar-refractivity contribution is 0.171. The zero-order valence-corrected chi connectivity index (χ0v) is 8.71. The maximum absolute atomic E-state index is 9.91. The molecule has 3 nitrogen and oxygen atoms in total. The molecule has 0 amide bonds. The molecule has 86 valence electrons. The van der Waals surface area contributed by atoms with Gasteiger partial charge in [-0.1, -0.05) is 25.8 Å². The van der Waals surface area contributed by atoms with Gasteiger partial charge in [-0.15, -0.1) is 12.4 Å². The monoisotopic (exact) mass is 238 g/mol. The van der Waals surface area contributed by atoms with E-state index in [2.05, 4.69) is 5.32 Å². The Kier molecular flexibility index (Phi) is 2.70. The highest BCUT2D eigenvalue weighted by molar-refractivity contribution is 5.85. The summed E-state index contributed by atoms with van der Waals surface area (Å²) in [5.41, 5.74) is 0.360. The van der Waals surface area contributed by atoms with E-state index in [9.17, 15) is 5.11 Å². The topological polar surface area (TPSA) is 52.5 Å². The average Bonchev–Trinajstić information content (AvgIpc) is 2.33. The van der Waals surface area contributed by atoms with Crippen molar-refractivity contribution < 1.29 is 19.8 Å². The minimum absolute atomic E-state index is 0. The maximum Gasteiger partial charge on any atom is 0.115 e. The van der Waals surface area contributed by atoms with E-state index in [0.29, 0.717) is 5.56 Å². The third kappa shape index (κ3) is 5.02. The van der Waals surface area contributed by atoms with Crippen molar-refractivity contribution in [2.45, 2.75) is 25.8 Å². The quantitative estimate of drug-likeness (QED) is 0.751. The van der Waals surface area contributed by atoms with Crippen LogP contribution in [-0.4, -0.2) is 22.8 Å². The van der Waals surface area contributed by atoms with Crippen LogP contribution in [0.2, 0.25) is 0 Å². The summed E-state index contributed by atoms with van der Waals surface area (Å²) in [6.07, 6.45) is -1.21. The maximum atomic E-state index is 9.91. The molecule has 1 aromatic carbocycles. The number of halogens is 1. The summed E-state index contributed by atoms with van der Waals surface area (Å²) >= 11 is 0. The number of hydrogen-bond donors (Lipinski definition) is 3. The van der Waals surface area contributed by atoms with Gasteiger partial charge < -0.3 is 15.5 Å². The molecular formula is C11H18ClNO2. The molecule has 0 heterocycles. The summed E-state index contributed by atoms with van der Waals surface area (Å²) in [7, 11) is 0. The van der Waals surface area contributed by atoms with Crippen molar-refractivity contribution in [2.24, 2.45) is 0 Å². The Hall–Kier alpha value is -0.770. The predicted octanol–water partition coefficient (Wildman–Crippen LogP) is 1.85. The van der Waals surface area contributed by atoms with E-state index >= 15 is 0 Å². The Bertz CT molecular complexity index is 461. The fraction of sp³-hybridized carbons (Fsp3) is 0.455. The molecule has 0 aromatic heterocycles. The van der Waals surface area contributed by atoms with Gasteiger partial charge in [-0.25, -0.2) is 0 Å². The Balaban J connectivity index is 0.00000441.